The first kappa shape index (κ1) is 21.0. The molecule has 11 heteroatoms. The van der Waals surface area contributed by atoms with Crippen molar-refractivity contribution in [1.29, 1.82) is 0 Å². The van der Waals surface area contributed by atoms with Crippen LogP contribution in [0, 0.1) is 11.8 Å². The molecule has 0 radical (unpaired) electrons. The molecule has 0 saturated carbocycles. The molecule has 0 bridgehead atoms. The first-order valence-electron chi connectivity index (χ1n) is 7.70. The molecule has 134 valence electrons. The van der Waals surface area contributed by atoms with Gasteiger partial charge in [-0.15, -0.1) is 11.8 Å². The molecule has 2 aliphatic heterocycles. The van der Waals surface area contributed by atoms with Gasteiger partial charge in [0, 0.05) is 17.7 Å². The number of nitrogens with zero attached hydrogens (tertiary/aromatic N) is 3. The first-order chi connectivity index (χ1) is 11.7. The number of nitrogen functional groups attached to an aromatic ring is 2. The second-order valence-corrected chi connectivity index (χ2v) is 7.19. The number of carboxylic acid groups (broad SMARTS) is 1. The van der Waals surface area contributed by atoms with Gasteiger partial charge in [-0.05, 0) is 12.5 Å². The average Bonchev–Trinajstić information content (AvgIpc) is 2.73. The van der Waals surface area contributed by atoms with Gasteiger partial charge in [0.15, 0.2) is 0 Å². The van der Waals surface area contributed by atoms with E-state index < -0.39 is 18.0 Å². The largest absolute Gasteiger partial charge is 1.00 e. The molecule has 5 N–H and O–H groups in total. The zero-order chi connectivity index (χ0) is 18.5. The number of carbonyl (C=O) groups excluding carboxylic acids is 2. The normalized spacial score (nSPS) is 25.4. The van der Waals surface area contributed by atoms with Crippen molar-refractivity contribution in [2.75, 3.05) is 17.2 Å². The molecule has 26 heavy (non-hydrogen) atoms. The number of amides is 1. The average molecular weight is 387 g/mol. The molecule has 3 heterocycles. The number of hydrogen-bond donors (Lipinski definition) is 3. The fourth-order valence-corrected chi connectivity index (χ4v) is 4.58. The topological polar surface area (TPSA) is 158 Å². The summed E-state index contributed by atoms with van der Waals surface area (Å²) in [6, 6.07) is 1.18. The molecule has 0 aliphatic carbocycles. The molecule has 0 aromatic carbocycles. The Morgan fingerprint density at radius 2 is 2.12 bits per heavy atom. The van der Waals surface area contributed by atoms with Crippen LogP contribution in [0.1, 0.15) is 13.8 Å². The van der Waals surface area contributed by atoms with Crippen molar-refractivity contribution < 1.29 is 49.4 Å². The molecule has 1 saturated heterocycles. The number of aliphatic hydroxyl groups is 1. The summed E-state index contributed by atoms with van der Waals surface area (Å²) in [5.41, 5.74) is 11.6. The van der Waals surface area contributed by atoms with Gasteiger partial charge < -0.3 is 31.4 Å². The number of rotatable bonds is 5. The molecule has 1 aromatic rings. The number of hydrogen-bond acceptors (Lipinski definition) is 9. The second kappa shape index (κ2) is 7.73. The van der Waals surface area contributed by atoms with Crippen molar-refractivity contribution in [3.63, 3.8) is 0 Å². The van der Waals surface area contributed by atoms with Crippen LogP contribution in [0.25, 0.3) is 0 Å². The van der Waals surface area contributed by atoms with E-state index in [-0.39, 0.29) is 70.6 Å². The van der Waals surface area contributed by atoms with Crippen molar-refractivity contribution in [3.05, 3.63) is 17.3 Å². The van der Waals surface area contributed by atoms with Crippen LogP contribution in [0.15, 0.2) is 22.4 Å². The Bertz CT molecular complexity index is 767. The summed E-state index contributed by atoms with van der Waals surface area (Å²) in [6.07, 6.45) is -0.840. The van der Waals surface area contributed by atoms with Crippen LogP contribution in [0.3, 0.4) is 0 Å². The van der Waals surface area contributed by atoms with Crippen LogP contribution in [0.4, 0.5) is 11.8 Å². The maximum absolute atomic E-state index is 12.2. The quantitative estimate of drug-likeness (QED) is 0.196. The third-order valence-corrected chi connectivity index (χ3v) is 5.58. The minimum absolute atomic E-state index is 0. The van der Waals surface area contributed by atoms with Crippen LogP contribution >= 0.6 is 11.8 Å². The second-order valence-electron chi connectivity index (χ2n) is 6.19. The summed E-state index contributed by atoms with van der Waals surface area (Å²) in [6.45, 7) is 3.37. The predicted molar refractivity (Wildman–Crippen MR) is 88.6 cm³/mol. The SMILES string of the molecule is C[C@@H](O)C1C(=O)N2C(C(=O)[O-])=C(CSc3cc(N)nc(N)n3)[C@H](C)C12.[Na+]. The van der Waals surface area contributed by atoms with E-state index in [9.17, 15) is 19.8 Å². The van der Waals surface area contributed by atoms with Crippen LogP contribution in [-0.4, -0.2) is 49.7 Å². The van der Waals surface area contributed by atoms with E-state index in [1.165, 1.54) is 23.6 Å². The Kier molecular flexibility index (Phi) is 6.24. The molecule has 1 amide bonds. The van der Waals surface area contributed by atoms with Crippen LogP contribution in [0.2, 0.25) is 0 Å². The number of aromatic nitrogens is 2. The van der Waals surface area contributed by atoms with E-state index in [0.29, 0.717) is 10.6 Å². The molecule has 4 atom stereocenters. The number of thioether (sulfide) groups is 1. The summed E-state index contributed by atoms with van der Waals surface area (Å²) >= 11 is 1.25. The Morgan fingerprint density at radius 1 is 1.46 bits per heavy atom. The number of anilines is 2. The number of carbonyl (C=O) groups is 2. The first-order valence-corrected chi connectivity index (χ1v) is 8.69. The monoisotopic (exact) mass is 387 g/mol. The van der Waals surface area contributed by atoms with E-state index >= 15 is 0 Å². The Balaban J connectivity index is 0.00000243. The molecule has 1 aromatic heterocycles. The van der Waals surface area contributed by atoms with E-state index in [1.54, 1.807) is 6.07 Å². The fraction of sp³-hybridized carbons (Fsp3) is 0.467. The van der Waals surface area contributed by atoms with Crippen molar-refractivity contribution in [1.82, 2.24) is 14.9 Å². The van der Waals surface area contributed by atoms with Gasteiger partial charge in [-0.1, -0.05) is 6.92 Å². The maximum Gasteiger partial charge on any atom is 1.00 e. The van der Waals surface area contributed by atoms with Gasteiger partial charge in [-0.25, -0.2) is 4.98 Å². The van der Waals surface area contributed by atoms with Crippen LogP contribution < -0.4 is 46.1 Å². The minimum Gasteiger partial charge on any atom is -0.543 e. The van der Waals surface area contributed by atoms with Gasteiger partial charge in [0.1, 0.15) is 10.8 Å². The van der Waals surface area contributed by atoms with Crippen LogP contribution in [0.5, 0.6) is 0 Å². The molecule has 2 aliphatic rings. The van der Waals surface area contributed by atoms with Crippen molar-refractivity contribution in [2.45, 2.75) is 31.0 Å². The zero-order valence-corrected chi connectivity index (χ0v) is 17.5. The third-order valence-electron chi connectivity index (χ3n) is 4.62. The number of aliphatic carboxylic acids is 1. The van der Waals surface area contributed by atoms with Gasteiger partial charge in [0.05, 0.1) is 29.7 Å². The Labute approximate surface area is 176 Å². The zero-order valence-electron chi connectivity index (χ0n) is 14.7. The van der Waals surface area contributed by atoms with E-state index in [2.05, 4.69) is 9.97 Å². The molecule has 1 fully saturated rings. The number of fused-ring (bicyclic) bond motifs is 1. The van der Waals surface area contributed by atoms with Crippen molar-refractivity contribution in [3.8, 4) is 0 Å². The third kappa shape index (κ3) is 3.44. The maximum atomic E-state index is 12.2. The van der Waals surface area contributed by atoms with Gasteiger partial charge >= 0.3 is 29.6 Å². The molecule has 0 spiro atoms. The van der Waals surface area contributed by atoms with E-state index in [0.717, 1.165) is 0 Å². The van der Waals surface area contributed by atoms with Crippen molar-refractivity contribution >= 4 is 35.4 Å². The number of nitrogens with two attached hydrogens (primary N) is 2. The van der Waals surface area contributed by atoms with Gasteiger partial charge in [0.2, 0.25) is 11.9 Å². The van der Waals surface area contributed by atoms with Crippen molar-refractivity contribution in [2.24, 2.45) is 11.8 Å². The summed E-state index contributed by atoms with van der Waals surface area (Å²) < 4.78 is 0. The molecule has 9 nitrogen and oxygen atoms in total. The standard InChI is InChI=1S/C15H19N5O4S.Na/c1-5-7(4-25-9-3-8(16)18-15(17)19-9)12(14(23)24)20-11(5)10(6(2)21)13(20)22;/h3,5-6,10-11,21H,4H2,1-2H3,(H,23,24)(H4,16,17,18,19);/q;+1/p-1/t5-,6+,10?,11?;/m0./s1. The molecular weight excluding hydrogens is 369 g/mol. The van der Waals surface area contributed by atoms with Gasteiger partial charge in [0.25, 0.3) is 0 Å². The Hall–Kier alpha value is -1.33. The molecule has 3 rings (SSSR count). The molecular formula is C15H18N5NaO4S. The predicted octanol–water partition coefficient (Wildman–Crippen LogP) is -4.40. The minimum atomic E-state index is -1.40. The van der Waals surface area contributed by atoms with E-state index in [1.807, 2.05) is 6.92 Å². The summed E-state index contributed by atoms with van der Waals surface area (Å²) in [5, 5.41) is 21.9. The van der Waals surface area contributed by atoms with Gasteiger partial charge in [-0.2, -0.15) is 4.98 Å². The number of aliphatic hydroxyl groups excluding tert-OH is 1. The summed E-state index contributed by atoms with van der Waals surface area (Å²) in [4.78, 5) is 32.9. The van der Waals surface area contributed by atoms with Crippen LogP contribution in [-0.2, 0) is 9.59 Å². The van der Waals surface area contributed by atoms with E-state index in [4.69, 9.17) is 11.5 Å². The molecule has 2 unspecified atom stereocenters. The summed E-state index contributed by atoms with van der Waals surface area (Å²) in [5.74, 6) is -2.06. The Morgan fingerprint density at radius 3 is 2.65 bits per heavy atom. The fourth-order valence-electron chi connectivity index (χ4n) is 3.51. The number of carboxylic acids is 1. The number of β-lactam (4-membered cyclic amide) rings is 1. The van der Waals surface area contributed by atoms with Gasteiger partial charge in [-0.3, -0.25) is 4.79 Å². The summed E-state index contributed by atoms with van der Waals surface area (Å²) in [7, 11) is 0. The smallest absolute Gasteiger partial charge is 0.543 e.